The molecule has 1 heterocycles. The highest BCUT2D eigenvalue weighted by Crippen LogP contribution is 2.38. The Kier molecular flexibility index (Phi) is 3.69. The van der Waals surface area contributed by atoms with Crippen LogP contribution in [0, 0.1) is 0 Å². The number of carbonyl (C=O) groups excluding carboxylic acids is 1. The summed E-state index contributed by atoms with van der Waals surface area (Å²) < 4.78 is 1.64. The number of hydrogen-bond donors (Lipinski definition) is 2. The number of benzene rings is 1. The van der Waals surface area contributed by atoms with Gasteiger partial charge in [0.25, 0.3) is 0 Å². The maximum Gasteiger partial charge on any atom is 0.352 e. The highest BCUT2D eigenvalue weighted by Gasteiger charge is 2.36. The molecule has 3 rings (SSSR count). The van der Waals surface area contributed by atoms with Crippen LogP contribution in [0.25, 0.3) is 10.9 Å². The minimum atomic E-state index is -0.959. The van der Waals surface area contributed by atoms with Crippen molar-refractivity contribution in [1.29, 1.82) is 0 Å². The highest BCUT2D eigenvalue weighted by atomic mass is 31.0. The molecule has 1 amide bonds. The van der Waals surface area contributed by atoms with Gasteiger partial charge in [-0.15, -0.1) is 9.24 Å². The second-order valence-electron chi connectivity index (χ2n) is 5.98. The van der Waals surface area contributed by atoms with Crippen LogP contribution in [0.1, 0.15) is 36.2 Å². The van der Waals surface area contributed by atoms with Gasteiger partial charge in [0, 0.05) is 23.6 Å². The van der Waals surface area contributed by atoms with Crippen LogP contribution in [-0.2, 0) is 11.8 Å². The Morgan fingerprint density at radius 2 is 1.95 bits per heavy atom. The van der Waals surface area contributed by atoms with Crippen LogP contribution < -0.4 is 5.32 Å². The van der Waals surface area contributed by atoms with Crippen LogP contribution in [0.15, 0.2) is 24.3 Å². The number of hydrogen-bond acceptors (Lipinski definition) is 2. The molecule has 1 atom stereocenters. The summed E-state index contributed by atoms with van der Waals surface area (Å²) in [6.45, 7) is 0. The topological polar surface area (TPSA) is 71.3 Å². The predicted octanol–water partition coefficient (Wildman–Crippen LogP) is 3.00. The lowest BCUT2D eigenvalue weighted by Gasteiger charge is -2.22. The quantitative estimate of drug-likeness (QED) is 0.855. The molecule has 22 heavy (non-hydrogen) atoms. The van der Waals surface area contributed by atoms with Crippen LogP contribution in [-0.4, -0.2) is 26.7 Å². The van der Waals surface area contributed by atoms with Crippen molar-refractivity contribution in [3.05, 3.63) is 30.0 Å². The molecule has 1 unspecified atom stereocenters. The number of aromatic carboxylic acids is 1. The number of amides is 1. The summed E-state index contributed by atoms with van der Waals surface area (Å²) in [4.78, 5) is 23.6. The van der Waals surface area contributed by atoms with Crippen LogP contribution in [0.2, 0.25) is 0 Å². The Balaban J connectivity index is 1.89. The molecule has 1 aliphatic rings. The lowest BCUT2D eigenvalue weighted by molar-refractivity contribution is -0.118. The van der Waals surface area contributed by atoms with Crippen LogP contribution in [0.5, 0.6) is 0 Å². The first-order chi connectivity index (χ1) is 10.4. The third-order valence-corrected chi connectivity index (χ3v) is 5.31. The molecule has 0 bridgehead atoms. The molecule has 1 aliphatic carbocycles. The number of nitrogens with one attached hydrogen (secondary N) is 1. The van der Waals surface area contributed by atoms with Crippen LogP contribution in [0.4, 0.5) is 5.69 Å². The van der Waals surface area contributed by atoms with Crippen molar-refractivity contribution in [2.45, 2.75) is 30.8 Å². The van der Waals surface area contributed by atoms with E-state index in [1.54, 1.807) is 17.7 Å². The fraction of sp³-hybridized carbons (Fsp3) is 0.375. The lowest BCUT2D eigenvalue weighted by Crippen LogP contribution is -2.34. The molecule has 1 fully saturated rings. The third-order valence-electron chi connectivity index (χ3n) is 4.47. The molecular weight excluding hydrogens is 299 g/mol. The van der Waals surface area contributed by atoms with E-state index in [0.717, 1.165) is 36.6 Å². The zero-order valence-corrected chi connectivity index (χ0v) is 13.6. The second kappa shape index (κ2) is 5.40. The fourth-order valence-corrected chi connectivity index (χ4v) is 3.60. The zero-order valence-electron chi connectivity index (χ0n) is 12.4. The van der Waals surface area contributed by atoms with Crippen molar-refractivity contribution in [3.8, 4) is 0 Å². The smallest absolute Gasteiger partial charge is 0.352 e. The van der Waals surface area contributed by atoms with E-state index in [1.807, 2.05) is 18.2 Å². The molecule has 0 saturated heterocycles. The number of aryl methyl sites for hydroxylation is 1. The van der Waals surface area contributed by atoms with E-state index in [0.29, 0.717) is 5.69 Å². The average Bonchev–Trinajstić information content (AvgIpc) is 3.04. The van der Waals surface area contributed by atoms with Crippen molar-refractivity contribution < 1.29 is 14.7 Å². The summed E-state index contributed by atoms with van der Waals surface area (Å²) >= 11 is 0. The summed E-state index contributed by atoms with van der Waals surface area (Å²) in [6, 6.07) is 7.10. The van der Waals surface area contributed by atoms with E-state index in [2.05, 4.69) is 14.6 Å². The summed E-state index contributed by atoms with van der Waals surface area (Å²) in [6.07, 6.45) is 3.94. The number of anilines is 1. The van der Waals surface area contributed by atoms with Gasteiger partial charge in [-0.3, -0.25) is 4.79 Å². The number of carbonyl (C=O) groups is 2. The van der Waals surface area contributed by atoms with Gasteiger partial charge in [-0.25, -0.2) is 4.79 Å². The number of carboxylic acids is 1. The van der Waals surface area contributed by atoms with E-state index < -0.39 is 5.97 Å². The molecule has 2 N–H and O–H groups in total. The summed E-state index contributed by atoms with van der Waals surface area (Å²) in [5.74, 6) is -0.942. The number of fused-ring (bicyclic) bond motifs is 1. The molecule has 5 nitrogen and oxygen atoms in total. The molecule has 1 aromatic heterocycles. The zero-order chi connectivity index (χ0) is 15.9. The molecule has 2 aromatic rings. The van der Waals surface area contributed by atoms with Gasteiger partial charge in [0.05, 0.1) is 5.16 Å². The van der Waals surface area contributed by atoms with Gasteiger partial charge < -0.3 is 15.0 Å². The van der Waals surface area contributed by atoms with Gasteiger partial charge >= 0.3 is 5.97 Å². The minimum absolute atomic E-state index is 0.0174. The molecule has 6 heteroatoms. The Morgan fingerprint density at radius 3 is 2.59 bits per heavy atom. The maximum absolute atomic E-state index is 12.4. The molecule has 0 aliphatic heterocycles. The standard InChI is InChI=1S/C16H19N2O3P/c1-18-12-5-4-11(8-10(12)9-13(18)14(19)20)17-15(21)16(22)6-2-3-7-16/h4-5,8-9H,2-3,6-7,22H2,1H3,(H,17,21)(H,19,20). The van der Waals surface area contributed by atoms with Crippen LogP contribution >= 0.6 is 9.24 Å². The van der Waals surface area contributed by atoms with Gasteiger partial charge in [-0.1, -0.05) is 12.8 Å². The van der Waals surface area contributed by atoms with Crippen molar-refractivity contribution in [3.63, 3.8) is 0 Å². The Labute approximate surface area is 130 Å². The van der Waals surface area contributed by atoms with Crippen molar-refractivity contribution in [2.24, 2.45) is 7.05 Å². The molecule has 0 spiro atoms. The number of aromatic nitrogens is 1. The Hall–Kier alpha value is -1.87. The maximum atomic E-state index is 12.4. The Morgan fingerprint density at radius 1 is 1.27 bits per heavy atom. The van der Waals surface area contributed by atoms with Crippen molar-refractivity contribution in [1.82, 2.24) is 4.57 Å². The van der Waals surface area contributed by atoms with Crippen molar-refractivity contribution in [2.75, 3.05) is 5.32 Å². The molecular formula is C16H19N2O3P. The van der Waals surface area contributed by atoms with Gasteiger partial charge in [-0.05, 0) is 37.1 Å². The van der Waals surface area contributed by atoms with E-state index in [-0.39, 0.29) is 16.8 Å². The van der Waals surface area contributed by atoms with E-state index in [1.165, 1.54) is 0 Å². The SMILES string of the molecule is Cn1c(C(=O)O)cc2cc(NC(=O)C3(P)CCCC3)ccc21. The first-order valence-electron chi connectivity index (χ1n) is 7.34. The Bertz CT molecular complexity index is 760. The van der Waals surface area contributed by atoms with E-state index >= 15 is 0 Å². The average molecular weight is 318 g/mol. The first-order valence-corrected chi connectivity index (χ1v) is 7.91. The highest BCUT2D eigenvalue weighted by molar-refractivity contribution is 7.21. The van der Waals surface area contributed by atoms with Gasteiger partial charge in [0.15, 0.2) is 0 Å². The number of rotatable bonds is 3. The summed E-state index contributed by atoms with van der Waals surface area (Å²) in [5.41, 5.74) is 1.77. The lowest BCUT2D eigenvalue weighted by atomic mass is 10.1. The fourth-order valence-electron chi connectivity index (χ4n) is 3.12. The number of nitrogens with zero attached hydrogens (tertiary/aromatic N) is 1. The predicted molar refractivity (Wildman–Crippen MR) is 89.4 cm³/mol. The first kappa shape index (κ1) is 15.0. The summed E-state index contributed by atoms with van der Waals surface area (Å²) in [5, 5.41) is 12.6. The monoisotopic (exact) mass is 318 g/mol. The van der Waals surface area contributed by atoms with Gasteiger partial charge in [0.1, 0.15) is 5.69 Å². The molecule has 1 saturated carbocycles. The van der Waals surface area contributed by atoms with Gasteiger partial charge in [0.2, 0.25) is 5.91 Å². The second-order valence-corrected chi connectivity index (χ2v) is 7.09. The largest absolute Gasteiger partial charge is 0.477 e. The van der Waals surface area contributed by atoms with Crippen molar-refractivity contribution >= 4 is 37.7 Å². The number of carboxylic acid groups (broad SMARTS) is 1. The molecule has 0 radical (unpaired) electrons. The minimum Gasteiger partial charge on any atom is -0.477 e. The van der Waals surface area contributed by atoms with E-state index in [9.17, 15) is 9.59 Å². The van der Waals surface area contributed by atoms with E-state index in [4.69, 9.17) is 5.11 Å². The molecule has 116 valence electrons. The third kappa shape index (κ3) is 2.50. The van der Waals surface area contributed by atoms with Crippen LogP contribution in [0.3, 0.4) is 0 Å². The summed E-state index contributed by atoms with van der Waals surface area (Å²) in [7, 11) is 4.42. The van der Waals surface area contributed by atoms with Gasteiger partial charge in [-0.2, -0.15) is 0 Å². The normalized spacial score (nSPS) is 16.8. The molecule has 1 aromatic carbocycles.